The number of hydrogen-bond acceptors (Lipinski definition) is 8. The van der Waals surface area contributed by atoms with E-state index < -0.39 is 0 Å². The van der Waals surface area contributed by atoms with Crippen LogP contribution in [0.4, 0.5) is 5.95 Å². The molecule has 10 heteroatoms. The van der Waals surface area contributed by atoms with Gasteiger partial charge in [-0.15, -0.1) is 11.3 Å². The number of nitrogens with one attached hydrogen (secondary N) is 2. The van der Waals surface area contributed by atoms with Crippen LogP contribution in [0.2, 0.25) is 5.02 Å². The third kappa shape index (κ3) is 6.12. The Balaban J connectivity index is 1.33. The van der Waals surface area contributed by atoms with Gasteiger partial charge in [-0.25, -0.2) is 15.0 Å². The molecule has 1 aliphatic rings. The molecule has 4 aromatic rings. The SMILES string of the molecule is Cc1ccc(C(=O)N(C)Cc2ccccc2Cl)cc1Oc1ncsc1-c1ccnc(NC2CCCNC2)n1. The maximum absolute atomic E-state index is 13.2. The van der Waals surface area contributed by atoms with Crippen molar-refractivity contribution in [2.75, 3.05) is 25.5 Å². The Morgan fingerprint density at radius 1 is 1.24 bits per heavy atom. The molecule has 0 saturated carbocycles. The summed E-state index contributed by atoms with van der Waals surface area (Å²) in [4.78, 5) is 29.2. The van der Waals surface area contributed by atoms with Crippen LogP contribution in [0.5, 0.6) is 11.6 Å². The molecule has 1 saturated heterocycles. The van der Waals surface area contributed by atoms with Crippen LogP contribution < -0.4 is 15.4 Å². The maximum Gasteiger partial charge on any atom is 0.254 e. The van der Waals surface area contributed by atoms with E-state index in [-0.39, 0.29) is 5.91 Å². The van der Waals surface area contributed by atoms with Crippen molar-refractivity contribution in [3.05, 3.63) is 82.0 Å². The molecule has 38 heavy (non-hydrogen) atoms. The number of thiazole rings is 1. The van der Waals surface area contributed by atoms with E-state index >= 15 is 0 Å². The number of aromatic nitrogens is 3. The van der Waals surface area contributed by atoms with Gasteiger partial charge in [-0.2, -0.15) is 0 Å². The zero-order valence-corrected chi connectivity index (χ0v) is 22.9. The maximum atomic E-state index is 13.2. The lowest BCUT2D eigenvalue weighted by Gasteiger charge is -2.23. The minimum Gasteiger partial charge on any atom is -0.437 e. The predicted octanol–water partition coefficient (Wildman–Crippen LogP) is 5.79. The van der Waals surface area contributed by atoms with E-state index in [1.165, 1.54) is 11.3 Å². The van der Waals surface area contributed by atoms with Crippen LogP contribution in [-0.2, 0) is 6.54 Å². The Hall–Kier alpha value is -3.53. The van der Waals surface area contributed by atoms with Gasteiger partial charge in [0.2, 0.25) is 11.8 Å². The third-order valence-corrected chi connectivity index (χ3v) is 7.61. The molecule has 2 aromatic carbocycles. The molecule has 1 fully saturated rings. The van der Waals surface area contributed by atoms with Crippen molar-refractivity contribution in [2.45, 2.75) is 32.4 Å². The Labute approximate surface area is 231 Å². The van der Waals surface area contributed by atoms with E-state index in [1.807, 2.05) is 43.3 Å². The van der Waals surface area contributed by atoms with Crippen LogP contribution in [0.15, 0.2) is 60.2 Å². The van der Waals surface area contributed by atoms with Crippen molar-refractivity contribution in [3.8, 4) is 22.2 Å². The predicted molar refractivity (Wildman–Crippen MR) is 151 cm³/mol. The van der Waals surface area contributed by atoms with Crippen molar-refractivity contribution >= 4 is 34.8 Å². The summed E-state index contributed by atoms with van der Waals surface area (Å²) < 4.78 is 6.25. The van der Waals surface area contributed by atoms with E-state index in [2.05, 4.69) is 20.6 Å². The van der Waals surface area contributed by atoms with Gasteiger partial charge in [-0.3, -0.25) is 4.79 Å². The number of halogens is 1. The number of carbonyl (C=O) groups is 1. The fraction of sp³-hybridized carbons (Fsp3) is 0.286. The Kier molecular flexibility index (Phi) is 8.17. The van der Waals surface area contributed by atoms with Gasteiger partial charge in [0.1, 0.15) is 10.6 Å². The molecule has 0 spiro atoms. The van der Waals surface area contributed by atoms with Gasteiger partial charge in [-0.1, -0.05) is 35.9 Å². The largest absolute Gasteiger partial charge is 0.437 e. The summed E-state index contributed by atoms with van der Waals surface area (Å²) in [7, 11) is 1.76. The molecule has 1 amide bonds. The molecular weight excluding hydrogens is 520 g/mol. The van der Waals surface area contributed by atoms with Gasteiger partial charge >= 0.3 is 0 Å². The molecule has 0 radical (unpaired) electrons. The molecule has 1 atom stereocenters. The van der Waals surface area contributed by atoms with Crippen LogP contribution >= 0.6 is 22.9 Å². The summed E-state index contributed by atoms with van der Waals surface area (Å²) in [6.45, 7) is 4.28. The molecule has 2 N–H and O–H groups in total. The van der Waals surface area contributed by atoms with Crippen LogP contribution in [0.1, 0.15) is 34.3 Å². The third-order valence-electron chi connectivity index (χ3n) is 6.41. The molecular formula is C28H29ClN6O2S. The first-order valence-corrected chi connectivity index (χ1v) is 13.7. The van der Waals surface area contributed by atoms with Gasteiger partial charge in [0.15, 0.2) is 0 Å². The van der Waals surface area contributed by atoms with Crippen LogP contribution in [0, 0.1) is 6.92 Å². The average Bonchev–Trinajstić information content (AvgIpc) is 3.40. The van der Waals surface area contributed by atoms with Crippen molar-refractivity contribution < 1.29 is 9.53 Å². The normalized spacial score (nSPS) is 15.2. The molecule has 0 bridgehead atoms. The molecule has 1 unspecified atom stereocenters. The highest BCUT2D eigenvalue weighted by Gasteiger charge is 2.19. The molecule has 5 rings (SSSR count). The molecule has 2 aromatic heterocycles. The number of ether oxygens (including phenoxy) is 1. The van der Waals surface area contributed by atoms with Crippen LogP contribution in [0.25, 0.3) is 10.6 Å². The lowest BCUT2D eigenvalue weighted by Crippen LogP contribution is -2.38. The zero-order valence-electron chi connectivity index (χ0n) is 21.3. The quantitative estimate of drug-likeness (QED) is 0.288. The Morgan fingerprint density at radius 2 is 2.11 bits per heavy atom. The molecule has 196 valence electrons. The summed E-state index contributed by atoms with van der Waals surface area (Å²) in [5.41, 5.74) is 4.76. The summed E-state index contributed by atoms with van der Waals surface area (Å²) >= 11 is 7.73. The fourth-order valence-electron chi connectivity index (χ4n) is 4.31. The number of rotatable bonds is 8. The number of piperidine rings is 1. The van der Waals surface area contributed by atoms with E-state index in [9.17, 15) is 4.79 Å². The minimum absolute atomic E-state index is 0.128. The first-order valence-electron chi connectivity index (χ1n) is 12.5. The Morgan fingerprint density at radius 3 is 2.92 bits per heavy atom. The van der Waals surface area contributed by atoms with Crippen LogP contribution in [-0.4, -0.2) is 51.9 Å². The first-order chi connectivity index (χ1) is 18.5. The molecule has 0 aliphatic carbocycles. The second-order valence-electron chi connectivity index (χ2n) is 9.27. The highest BCUT2D eigenvalue weighted by molar-refractivity contribution is 7.13. The van der Waals surface area contributed by atoms with Crippen LogP contribution in [0.3, 0.4) is 0 Å². The van der Waals surface area contributed by atoms with E-state index in [0.29, 0.717) is 40.8 Å². The summed E-state index contributed by atoms with van der Waals surface area (Å²) in [5, 5.41) is 7.45. The fourth-order valence-corrected chi connectivity index (χ4v) is 5.19. The van der Waals surface area contributed by atoms with Crippen molar-refractivity contribution in [1.29, 1.82) is 0 Å². The number of aryl methyl sites for hydroxylation is 1. The first kappa shape index (κ1) is 26.1. The molecule has 1 aliphatic heterocycles. The number of nitrogens with zero attached hydrogens (tertiary/aromatic N) is 4. The highest BCUT2D eigenvalue weighted by Crippen LogP contribution is 2.36. The average molecular weight is 549 g/mol. The topological polar surface area (TPSA) is 92.3 Å². The standard InChI is InChI=1S/C28H29ClN6O2S/c1-18-9-10-19(27(36)35(2)16-20-6-3-4-8-22(20)29)14-24(18)37-26-25(38-17-32-26)23-11-13-31-28(34-23)33-21-7-5-12-30-15-21/h3-4,6,8-11,13-14,17,21,30H,5,7,12,15-16H2,1-2H3,(H,31,33,34). The van der Waals surface area contributed by atoms with E-state index in [1.54, 1.807) is 35.8 Å². The number of hydrogen-bond donors (Lipinski definition) is 2. The van der Waals surface area contributed by atoms with E-state index in [4.69, 9.17) is 21.3 Å². The highest BCUT2D eigenvalue weighted by atomic mass is 35.5. The monoisotopic (exact) mass is 548 g/mol. The lowest BCUT2D eigenvalue weighted by molar-refractivity contribution is 0.0785. The second kappa shape index (κ2) is 11.9. The number of benzene rings is 2. The Bertz CT molecular complexity index is 1420. The summed E-state index contributed by atoms with van der Waals surface area (Å²) in [6.07, 6.45) is 3.95. The van der Waals surface area contributed by atoms with Gasteiger partial charge in [0.05, 0.1) is 11.2 Å². The zero-order chi connectivity index (χ0) is 26.5. The van der Waals surface area contributed by atoms with Gasteiger partial charge in [-0.05, 0) is 61.7 Å². The van der Waals surface area contributed by atoms with Crippen molar-refractivity contribution in [2.24, 2.45) is 0 Å². The number of anilines is 1. The minimum atomic E-state index is -0.128. The van der Waals surface area contributed by atoms with Gasteiger partial charge in [0, 0.05) is 43.0 Å². The number of amides is 1. The lowest BCUT2D eigenvalue weighted by atomic mass is 10.1. The molecule has 3 heterocycles. The summed E-state index contributed by atoms with van der Waals surface area (Å²) in [6, 6.07) is 15.1. The van der Waals surface area contributed by atoms with Crippen molar-refractivity contribution in [1.82, 2.24) is 25.2 Å². The van der Waals surface area contributed by atoms with Gasteiger partial charge < -0.3 is 20.3 Å². The summed E-state index contributed by atoms with van der Waals surface area (Å²) in [5.74, 6) is 1.46. The van der Waals surface area contributed by atoms with E-state index in [0.717, 1.165) is 47.6 Å². The second-order valence-corrected chi connectivity index (χ2v) is 10.5. The number of carbonyl (C=O) groups excluding carboxylic acids is 1. The smallest absolute Gasteiger partial charge is 0.254 e. The van der Waals surface area contributed by atoms with Gasteiger partial charge in [0.25, 0.3) is 5.91 Å². The van der Waals surface area contributed by atoms with Crippen molar-refractivity contribution in [3.63, 3.8) is 0 Å². The molecule has 8 nitrogen and oxygen atoms in total.